The van der Waals surface area contributed by atoms with E-state index in [9.17, 15) is 0 Å². The molecule has 0 fully saturated rings. The Balaban J connectivity index is 0.00000121. The lowest BCUT2D eigenvalue weighted by atomic mass is 10.1. The highest BCUT2D eigenvalue weighted by atomic mass is 79.9. The van der Waals surface area contributed by atoms with E-state index < -0.39 is 0 Å². The van der Waals surface area contributed by atoms with Crippen molar-refractivity contribution in [2.45, 2.75) is 12.8 Å². The minimum absolute atomic E-state index is 0. The Morgan fingerprint density at radius 2 is 1.75 bits per heavy atom. The Morgan fingerprint density at radius 1 is 1.17 bits per heavy atom. The zero-order chi connectivity index (χ0) is 8.10. The van der Waals surface area contributed by atoms with E-state index in [1.807, 2.05) is 0 Å². The van der Waals surface area contributed by atoms with Crippen molar-refractivity contribution in [1.29, 1.82) is 0 Å². The normalized spacial score (nSPS) is 9.17. The molecule has 0 aliphatic heterocycles. The van der Waals surface area contributed by atoms with Crippen LogP contribution in [-0.4, -0.2) is 6.54 Å². The zero-order valence-electron chi connectivity index (χ0n) is 6.79. The van der Waals surface area contributed by atoms with Gasteiger partial charge in [-0.3, -0.25) is 0 Å². The number of rotatable bonds is 3. The van der Waals surface area contributed by atoms with Gasteiger partial charge in [0.1, 0.15) is 0 Å². The molecular weight excluding hydrogens is 237 g/mol. The van der Waals surface area contributed by atoms with E-state index in [1.165, 1.54) is 5.56 Å². The summed E-state index contributed by atoms with van der Waals surface area (Å²) in [4.78, 5) is 0. The maximum Gasteiger partial charge on any atom is 0.0175 e. The summed E-state index contributed by atoms with van der Waals surface area (Å²) in [7, 11) is 0. The number of halogens is 2. The molecular formula is C9H13BrClN. The molecule has 0 aliphatic rings. The first kappa shape index (κ1) is 11.9. The molecule has 0 amide bonds. The predicted octanol–water partition coefficient (Wildman–Crippen LogP) is 2.76. The van der Waals surface area contributed by atoms with E-state index in [4.69, 9.17) is 5.73 Å². The Morgan fingerprint density at radius 3 is 2.25 bits per heavy atom. The highest BCUT2D eigenvalue weighted by molar-refractivity contribution is 9.10. The van der Waals surface area contributed by atoms with Crippen molar-refractivity contribution >= 4 is 28.3 Å². The van der Waals surface area contributed by atoms with Crippen LogP contribution in [0, 0.1) is 0 Å². The van der Waals surface area contributed by atoms with Gasteiger partial charge in [-0.2, -0.15) is 0 Å². The molecule has 68 valence electrons. The SMILES string of the molecule is Cl.NCCCc1ccc(Br)cc1. The summed E-state index contributed by atoms with van der Waals surface area (Å²) in [5.74, 6) is 0. The van der Waals surface area contributed by atoms with Gasteiger partial charge in [0.05, 0.1) is 0 Å². The molecule has 0 spiro atoms. The summed E-state index contributed by atoms with van der Waals surface area (Å²) in [6.45, 7) is 0.774. The average molecular weight is 251 g/mol. The van der Waals surface area contributed by atoms with Crippen LogP contribution in [0.4, 0.5) is 0 Å². The smallest absolute Gasteiger partial charge is 0.0175 e. The summed E-state index contributed by atoms with van der Waals surface area (Å²) in [6, 6.07) is 8.37. The Bertz CT molecular complexity index is 210. The molecule has 3 heteroatoms. The van der Waals surface area contributed by atoms with Gasteiger partial charge in [-0.1, -0.05) is 28.1 Å². The van der Waals surface area contributed by atoms with Gasteiger partial charge in [-0.25, -0.2) is 0 Å². The maximum atomic E-state index is 5.40. The molecule has 0 heterocycles. The van der Waals surface area contributed by atoms with Crippen molar-refractivity contribution in [1.82, 2.24) is 0 Å². The molecule has 0 bridgehead atoms. The first-order valence-corrected chi connectivity index (χ1v) is 4.57. The molecule has 1 aromatic rings. The van der Waals surface area contributed by atoms with Gasteiger partial charge < -0.3 is 5.73 Å². The van der Waals surface area contributed by atoms with Crippen molar-refractivity contribution in [2.75, 3.05) is 6.54 Å². The number of aryl methyl sites for hydroxylation is 1. The van der Waals surface area contributed by atoms with Crippen molar-refractivity contribution in [3.05, 3.63) is 34.3 Å². The second-order valence-electron chi connectivity index (χ2n) is 2.52. The third-order valence-corrected chi connectivity index (χ3v) is 2.11. The minimum atomic E-state index is 0. The lowest BCUT2D eigenvalue weighted by Crippen LogP contribution is -1.99. The topological polar surface area (TPSA) is 26.0 Å². The molecule has 0 atom stereocenters. The number of benzene rings is 1. The highest BCUT2D eigenvalue weighted by Gasteiger charge is 1.90. The van der Waals surface area contributed by atoms with Crippen LogP contribution in [-0.2, 0) is 6.42 Å². The molecule has 0 radical (unpaired) electrons. The van der Waals surface area contributed by atoms with Crippen LogP contribution in [0.25, 0.3) is 0 Å². The fourth-order valence-corrected chi connectivity index (χ4v) is 1.22. The fourth-order valence-electron chi connectivity index (χ4n) is 0.957. The van der Waals surface area contributed by atoms with Gasteiger partial charge in [-0.05, 0) is 37.1 Å². The lowest BCUT2D eigenvalue weighted by molar-refractivity contribution is 0.832. The Labute approximate surface area is 87.9 Å². The van der Waals surface area contributed by atoms with Gasteiger partial charge in [0, 0.05) is 4.47 Å². The van der Waals surface area contributed by atoms with Crippen LogP contribution in [0.1, 0.15) is 12.0 Å². The van der Waals surface area contributed by atoms with Gasteiger partial charge in [0.25, 0.3) is 0 Å². The molecule has 1 aromatic carbocycles. The molecule has 12 heavy (non-hydrogen) atoms. The first-order valence-electron chi connectivity index (χ1n) is 3.77. The van der Waals surface area contributed by atoms with E-state index in [0.29, 0.717) is 0 Å². The predicted molar refractivity (Wildman–Crippen MR) is 58.8 cm³/mol. The highest BCUT2D eigenvalue weighted by Crippen LogP contribution is 2.11. The first-order chi connectivity index (χ1) is 5.33. The second-order valence-corrected chi connectivity index (χ2v) is 3.43. The number of hydrogen-bond donors (Lipinski definition) is 1. The van der Waals surface area contributed by atoms with Gasteiger partial charge in [-0.15, -0.1) is 12.4 Å². The Hall–Kier alpha value is -0.0500. The largest absolute Gasteiger partial charge is 0.330 e. The zero-order valence-corrected chi connectivity index (χ0v) is 9.20. The summed E-state index contributed by atoms with van der Waals surface area (Å²) in [5, 5.41) is 0. The van der Waals surface area contributed by atoms with Gasteiger partial charge in [0.2, 0.25) is 0 Å². The lowest BCUT2D eigenvalue weighted by Gasteiger charge is -1.98. The van der Waals surface area contributed by atoms with Crippen LogP contribution in [0.2, 0.25) is 0 Å². The summed E-state index contributed by atoms with van der Waals surface area (Å²) < 4.78 is 1.13. The molecule has 2 N–H and O–H groups in total. The molecule has 1 nitrogen and oxygen atoms in total. The number of hydrogen-bond acceptors (Lipinski definition) is 1. The van der Waals surface area contributed by atoms with E-state index in [0.717, 1.165) is 23.9 Å². The van der Waals surface area contributed by atoms with E-state index in [1.54, 1.807) is 0 Å². The van der Waals surface area contributed by atoms with Crippen LogP contribution in [0.5, 0.6) is 0 Å². The van der Waals surface area contributed by atoms with E-state index >= 15 is 0 Å². The molecule has 0 saturated heterocycles. The molecule has 1 rings (SSSR count). The molecule has 0 saturated carbocycles. The quantitative estimate of drug-likeness (QED) is 0.877. The fraction of sp³-hybridized carbons (Fsp3) is 0.333. The van der Waals surface area contributed by atoms with Crippen molar-refractivity contribution < 1.29 is 0 Å². The van der Waals surface area contributed by atoms with Gasteiger partial charge in [0.15, 0.2) is 0 Å². The maximum absolute atomic E-state index is 5.40. The van der Waals surface area contributed by atoms with Crippen molar-refractivity contribution in [3.63, 3.8) is 0 Å². The second kappa shape index (κ2) is 6.46. The van der Waals surface area contributed by atoms with E-state index in [-0.39, 0.29) is 12.4 Å². The van der Waals surface area contributed by atoms with Gasteiger partial charge >= 0.3 is 0 Å². The Kier molecular flexibility index (Phi) is 6.44. The standard InChI is InChI=1S/C9H12BrN.ClH/c10-9-5-3-8(4-6-9)2-1-7-11;/h3-6H,1-2,7,11H2;1H. The summed E-state index contributed by atoms with van der Waals surface area (Å²) in [6.07, 6.45) is 2.16. The molecule has 0 aliphatic carbocycles. The third kappa shape index (κ3) is 4.10. The monoisotopic (exact) mass is 249 g/mol. The van der Waals surface area contributed by atoms with Crippen LogP contribution in [0.15, 0.2) is 28.7 Å². The molecule has 0 aromatic heterocycles. The van der Waals surface area contributed by atoms with E-state index in [2.05, 4.69) is 40.2 Å². The van der Waals surface area contributed by atoms with Crippen LogP contribution >= 0.6 is 28.3 Å². The third-order valence-electron chi connectivity index (χ3n) is 1.58. The van der Waals surface area contributed by atoms with Crippen LogP contribution < -0.4 is 5.73 Å². The van der Waals surface area contributed by atoms with Crippen molar-refractivity contribution in [2.24, 2.45) is 5.73 Å². The summed E-state index contributed by atoms with van der Waals surface area (Å²) in [5.41, 5.74) is 6.76. The average Bonchev–Trinajstić information content (AvgIpc) is 2.04. The van der Waals surface area contributed by atoms with Crippen molar-refractivity contribution in [3.8, 4) is 0 Å². The number of nitrogens with two attached hydrogens (primary N) is 1. The molecule has 0 unspecified atom stereocenters. The summed E-state index contributed by atoms with van der Waals surface area (Å²) >= 11 is 3.39. The van der Waals surface area contributed by atoms with Crippen LogP contribution in [0.3, 0.4) is 0 Å². The minimum Gasteiger partial charge on any atom is -0.330 e.